The molecule has 8 heteroatoms. The van der Waals surface area contributed by atoms with Gasteiger partial charge in [-0.05, 0) is 56.3 Å². The van der Waals surface area contributed by atoms with E-state index in [1.54, 1.807) is 20.8 Å². The zero-order chi connectivity index (χ0) is 18.2. The lowest BCUT2D eigenvalue weighted by molar-refractivity contribution is 0.390. The Morgan fingerprint density at radius 2 is 1.96 bits per heavy atom. The summed E-state index contributed by atoms with van der Waals surface area (Å²) in [5.41, 5.74) is 2.61. The van der Waals surface area contributed by atoms with Gasteiger partial charge in [0, 0.05) is 17.6 Å². The van der Waals surface area contributed by atoms with Crippen molar-refractivity contribution >= 4 is 20.9 Å². The second-order valence-corrected chi connectivity index (χ2v) is 7.71. The molecule has 132 valence electrons. The minimum atomic E-state index is -3.66. The molecule has 25 heavy (non-hydrogen) atoms. The fourth-order valence-corrected chi connectivity index (χ4v) is 4.14. The van der Waals surface area contributed by atoms with Crippen molar-refractivity contribution in [2.24, 2.45) is 0 Å². The molecule has 0 bridgehead atoms. The van der Waals surface area contributed by atoms with Gasteiger partial charge in [-0.2, -0.15) is 0 Å². The first-order valence-corrected chi connectivity index (χ1v) is 9.31. The maximum absolute atomic E-state index is 12.4. The van der Waals surface area contributed by atoms with Crippen molar-refractivity contribution < 1.29 is 12.9 Å². The molecular formula is C17H19N3O4S. The van der Waals surface area contributed by atoms with Gasteiger partial charge in [0.05, 0.1) is 0 Å². The predicted molar refractivity (Wildman–Crippen MR) is 94.2 cm³/mol. The summed E-state index contributed by atoms with van der Waals surface area (Å²) in [6.45, 7) is 5.17. The Kier molecular flexibility index (Phi) is 4.49. The first-order chi connectivity index (χ1) is 11.8. The summed E-state index contributed by atoms with van der Waals surface area (Å²) in [4.78, 5) is 14.5. The Labute approximate surface area is 145 Å². The molecule has 0 aliphatic carbocycles. The van der Waals surface area contributed by atoms with E-state index in [9.17, 15) is 13.2 Å². The molecule has 0 saturated carbocycles. The van der Waals surface area contributed by atoms with Gasteiger partial charge in [-0.15, -0.1) is 0 Å². The van der Waals surface area contributed by atoms with Crippen LogP contribution in [0.15, 0.2) is 38.5 Å². The Morgan fingerprint density at radius 1 is 1.20 bits per heavy atom. The highest BCUT2D eigenvalue weighted by molar-refractivity contribution is 7.89. The number of fused-ring (bicyclic) bond motifs is 1. The van der Waals surface area contributed by atoms with Gasteiger partial charge in [-0.1, -0.05) is 11.2 Å². The van der Waals surface area contributed by atoms with Gasteiger partial charge in [0.1, 0.15) is 10.6 Å². The summed E-state index contributed by atoms with van der Waals surface area (Å²) in [5.74, 6) is 0.273. The van der Waals surface area contributed by atoms with E-state index >= 15 is 0 Å². The van der Waals surface area contributed by atoms with E-state index in [0.717, 1.165) is 16.5 Å². The monoisotopic (exact) mass is 361 g/mol. The summed E-state index contributed by atoms with van der Waals surface area (Å²) in [5, 5.41) is 4.59. The van der Waals surface area contributed by atoms with Crippen LogP contribution in [-0.4, -0.2) is 25.1 Å². The molecule has 7 nitrogen and oxygen atoms in total. The van der Waals surface area contributed by atoms with Gasteiger partial charge < -0.3 is 9.51 Å². The Hall–Kier alpha value is -2.45. The molecule has 0 amide bonds. The maximum Gasteiger partial charge on any atom is 0.251 e. The molecule has 3 rings (SSSR count). The molecule has 0 aliphatic heterocycles. The van der Waals surface area contributed by atoms with Crippen LogP contribution >= 0.6 is 0 Å². The van der Waals surface area contributed by atoms with Crippen LogP contribution in [0.25, 0.3) is 10.9 Å². The average Bonchev–Trinajstić information content (AvgIpc) is 2.88. The molecular weight excluding hydrogens is 342 g/mol. The summed E-state index contributed by atoms with van der Waals surface area (Å²) in [7, 11) is -3.66. The summed E-state index contributed by atoms with van der Waals surface area (Å²) in [6.07, 6.45) is 0.525. The first-order valence-electron chi connectivity index (χ1n) is 7.83. The fourth-order valence-electron chi connectivity index (χ4n) is 2.78. The van der Waals surface area contributed by atoms with Crippen molar-refractivity contribution in [2.45, 2.75) is 32.1 Å². The van der Waals surface area contributed by atoms with Crippen molar-refractivity contribution in [3.63, 3.8) is 0 Å². The van der Waals surface area contributed by atoms with Gasteiger partial charge in [0.25, 0.3) is 5.56 Å². The van der Waals surface area contributed by atoms with Gasteiger partial charge in [-0.3, -0.25) is 4.79 Å². The molecule has 0 aliphatic rings. The smallest absolute Gasteiger partial charge is 0.251 e. The van der Waals surface area contributed by atoms with E-state index in [1.807, 2.05) is 24.3 Å². The number of H-pyrrole nitrogens is 1. The van der Waals surface area contributed by atoms with Crippen LogP contribution in [0.2, 0.25) is 0 Å². The Bertz CT molecular complexity index is 1080. The van der Waals surface area contributed by atoms with Gasteiger partial charge in [0.15, 0.2) is 5.76 Å². The predicted octanol–water partition coefficient (Wildman–Crippen LogP) is 1.96. The zero-order valence-corrected chi connectivity index (χ0v) is 15.0. The lowest BCUT2D eigenvalue weighted by Gasteiger charge is -2.07. The first kappa shape index (κ1) is 17.4. The highest BCUT2D eigenvalue weighted by atomic mass is 32.2. The number of sulfonamides is 1. The molecule has 0 unspecified atom stereocenters. The molecule has 0 spiro atoms. The normalized spacial score (nSPS) is 12.0. The summed E-state index contributed by atoms with van der Waals surface area (Å²) >= 11 is 0. The molecule has 2 N–H and O–H groups in total. The van der Waals surface area contributed by atoms with E-state index < -0.39 is 10.0 Å². The van der Waals surface area contributed by atoms with Crippen molar-refractivity contribution in [1.82, 2.24) is 14.9 Å². The Balaban J connectivity index is 1.75. The molecule has 1 aromatic carbocycles. The number of aromatic amines is 1. The van der Waals surface area contributed by atoms with Crippen LogP contribution in [0.1, 0.15) is 22.6 Å². The van der Waals surface area contributed by atoms with Crippen LogP contribution in [0.4, 0.5) is 0 Å². The number of rotatable bonds is 5. The van der Waals surface area contributed by atoms with Crippen LogP contribution in [0.3, 0.4) is 0 Å². The number of hydrogen-bond acceptors (Lipinski definition) is 5. The van der Waals surface area contributed by atoms with Crippen molar-refractivity contribution in [3.05, 3.63) is 57.2 Å². The molecule has 2 heterocycles. The minimum absolute atomic E-state index is 0.0965. The van der Waals surface area contributed by atoms with Crippen LogP contribution in [0.5, 0.6) is 0 Å². The highest BCUT2D eigenvalue weighted by Gasteiger charge is 2.23. The van der Waals surface area contributed by atoms with Crippen molar-refractivity contribution in [1.29, 1.82) is 0 Å². The number of benzene rings is 1. The highest BCUT2D eigenvalue weighted by Crippen LogP contribution is 2.19. The fraction of sp³-hybridized carbons (Fsp3) is 0.294. The second-order valence-electron chi connectivity index (χ2n) is 6.00. The SMILES string of the molecule is Cc1noc(C)c1S(=O)(=O)NCCc1ccc2[nH]c(=O)c(C)cc2c1. The molecule has 2 aromatic heterocycles. The lowest BCUT2D eigenvalue weighted by Crippen LogP contribution is -2.26. The largest absolute Gasteiger partial charge is 0.360 e. The topological polar surface area (TPSA) is 105 Å². The van der Waals surface area contributed by atoms with E-state index in [1.165, 1.54) is 0 Å². The summed E-state index contributed by atoms with van der Waals surface area (Å²) < 4.78 is 32.2. The number of aryl methyl sites for hydroxylation is 3. The standard InChI is InChI=1S/C17H19N3O4S/c1-10-8-14-9-13(4-5-15(14)19-17(10)21)6-7-18-25(22,23)16-11(2)20-24-12(16)3/h4-5,8-9,18H,6-7H2,1-3H3,(H,19,21). The van der Waals surface area contributed by atoms with Crippen LogP contribution < -0.4 is 10.3 Å². The zero-order valence-electron chi connectivity index (χ0n) is 14.2. The third-order valence-electron chi connectivity index (χ3n) is 4.04. The van der Waals surface area contributed by atoms with E-state index in [0.29, 0.717) is 17.7 Å². The van der Waals surface area contributed by atoms with Gasteiger partial charge in [-0.25, -0.2) is 13.1 Å². The average molecular weight is 361 g/mol. The number of nitrogens with zero attached hydrogens (tertiary/aromatic N) is 1. The second kappa shape index (κ2) is 6.45. The number of nitrogens with one attached hydrogen (secondary N) is 2. The Morgan fingerprint density at radius 3 is 2.64 bits per heavy atom. The quantitative estimate of drug-likeness (QED) is 0.723. The number of aromatic nitrogens is 2. The molecule has 0 saturated heterocycles. The van der Waals surface area contributed by atoms with Crippen LogP contribution in [-0.2, 0) is 16.4 Å². The van der Waals surface area contributed by atoms with Gasteiger partial charge >= 0.3 is 0 Å². The third-order valence-corrected chi connectivity index (χ3v) is 5.74. The molecule has 0 atom stereocenters. The molecule has 0 fully saturated rings. The number of pyridine rings is 1. The maximum atomic E-state index is 12.4. The van der Waals surface area contributed by atoms with E-state index in [-0.39, 0.29) is 22.8 Å². The van der Waals surface area contributed by atoms with Gasteiger partial charge in [0.2, 0.25) is 10.0 Å². The molecule has 3 aromatic rings. The van der Waals surface area contributed by atoms with Crippen LogP contribution in [0, 0.1) is 20.8 Å². The molecule has 0 radical (unpaired) electrons. The van der Waals surface area contributed by atoms with E-state index in [2.05, 4.69) is 14.9 Å². The van der Waals surface area contributed by atoms with E-state index in [4.69, 9.17) is 4.52 Å². The van der Waals surface area contributed by atoms with Crippen molar-refractivity contribution in [2.75, 3.05) is 6.54 Å². The lowest BCUT2D eigenvalue weighted by atomic mass is 10.1. The minimum Gasteiger partial charge on any atom is -0.360 e. The number of hydrogen-bond donors (Lipinski definition) is 2. The third kappa shape index (κ3) is 3.49. The van der Waals surface area contributed by atoms with Crippen molar-refractivity contribution in [3.8, 4) is 0 Å². The summed E-state index contributed by atoms with van der Waals surface area (Å²) in [6, 6.07) is 7.47.